The zero-order chi connectivity index (χ0) is 65.2. The number of alkyl halides is 6. The highest BCUT2D eigenvalue weighted by Crippen LogP contribution is 2.64. The molecule has 28 nitrogen and oxygen atoms in total. The molecule has 0 aromatic heterocycles. The van der Waals surface area contributed by atoms with Crippen LogP contribution in [-0.2, 0) is 124 Å². The lowest BCUT2D eigenvalue weighted by molar-refractivity contribution is -0.189. The third-order valence-corrected chi connectivity index (χ3v) is 33.4. The second-order valence-electron chi connectivity index (χ2n) is 26.4. The Labute approximate surface area is 507 Å². The van der Waals surface area contributed by atoms with Gasteiger partial charge in [-0.2, -0.15) is 87.4 Å². The van der Waals surface area contributed by atoms with Gasteiger partial charge in [0.1, 0.15) is 94.4 Å². The van der Waals surface area contributed by atoms with Crippen LogP contribution < -0.4 is 0 Å². The van der Waals surface area contributed by atoms with Crippen molar-refractivity contribution in [3.63, 3.8) is 0 Å². The molecule has 0 N–H and O–H groups in total. The molecule has 32 unspecified atom stereocenters. The summed E-state index contributed by atoms with van der Waals surface area (Å²) in [4.78, 5) is 11.7. The van der Waals surface area contributed by atoms with Crippen LogP contribution in [0.2, 0.25) is 0 Å². The molecule has 0 aromatic carbocycles. The minimum atomic E-state index is -4.85. The van der Waals surface area contributed by atoms with E-state index in [0.717, 1.165) is 0 Å². The Bertz CT molecular complexity index is 3840. The van der Waals surface area contributed by atoms with Gasteiger partial charge in [0.05, 0.1) is 61.8 Å². The quantitative estimate of drug-likeness (QED) is 0.197. The number of rotatable bonds is 1. The lowest BCUT2D eigenvalue weighted by atomic mass is 9.80. The van der Waals surface area contributed by atoms with E-state index < -0.39 is 200 Å². The van der Waals surface area contributed by atoms with Crippen molar-refractivity contribution in [2.24, 2.45) is 47.3 Å². The monoisotopic (exact) mass is 1400 g/mol. The van der Waals surface area contributed by atoms with Gasteiger partial charge in [0.2, 0.25) is 14.2 Å². The molecule has 0 spiro atoms. The number of hydrogen-bond acceptors (Lipinski definition) is 28. The predicted octanol–water partition coefficient (Wildman–Crippen LogP) is 0.642. The average Bonchev–Trinajstić information content (AvgIpc) is 1.54. The molecule has 12 bridgehead atoms. The van der Waals surface area contributed by atoms with Crippen molar-refractivity contribution < 1.29 is 140 Å². The first kappa shape index (κ1) is 64.9. The fourth-order valence-electron chi connectivity index (χ4n) is 17.2. The number of halogens is 6. The summed E-state index contributed by atoms with van der Waals surface area (Å²) in [5, 5.41) is 15.6. The van der Waals surface area contributed by atoms with Crippen LogP contribution in [0.25, 0.3) is 0 Å². The molecular weight excluding hydrogens is 1340 g/mol. The highest BCUT2D eigenvalue weighted by Gasteiger charge is 2.84. The zero-order valence-corrected chi connectivity index (χ0v) is 52.6. The fourth-order valence-corrected chi connectivity index (χ4v) is 28.0. The van der Waals surface area contributed by atoms with E-state index in [9.17, 15) is 81.6 Å². The highest BCUT2D eigenvalue weighted by atomic mass is 32.2. The van der Waals surface area contributed by atoms with Crippen LogP contribution in [0.4, 0.5) is 26.3 Å². The van der Waals surface area contributed by atoms with Gasteiger partial charge in [0.15, 0.2) is 0 Å². The van der Waals surface area contributed by atoms with E-state index in [-0.39, 0.29) is 85.2 Å². The number of hydrogen-bond donors (Lipinski definition) is 0. The van der Waals surface area contributed by atoms with Crippen LogP contribution in [-0.4, -0.2) is 215 Å². The van der Waals surface area contributed by atoms with Crippen molar-refractivity contribution in [2.75, 3.05) is 7.11 Å². The molecule has 0 aliphatic carbocycles. The van der Waals surface area contributed by atoms with E-state index in [4.69, 9.17) is 59.9 Å². The van der Waals surface area contributed by atoms with Crippen molar-refractivity contribution in [3.8, 4) is 12.1 Å². The summed E-state index contributed by atoms with van der Waals surface area (Å²) in [7, 11) is -22.3. The largest absolute Gasteiger partial charge is 0.468 e. The van der Waals surface area contributed by atoms with E-state index in [2.05, 4.69) is 8.92 Å². The summed E-state index contributed by atoms with van der Waals surface area (Å²) in [5.41, 5.74) is 0. The van der Waals surface area contributed by atoms with Gasteiger partial charge in [-0.15, -0.1) is 0 Å². The lowest BCUT2D eigenvalue weighted by Crippen LogP contribution is -2.56. The van der Waals surface area contributed by atoms with Crippen molar-refractivity contribution in [1.82, 2.24) is 0 Å². The molecule has 89 heavy (non-hydrogen) atoms. The van der Waals surface area contributed by atoms with E-state index >= 15 is 0 Å². The van der Waals surface area contributed by atoms with Crippen LogP contribution in [0.3, 0.4) is 0 Å². The first-order chi connectivity index (χ1) is 40.9. The highest BCUT2D eigenvalue weighted by molar-refractivity contribution is 7.90. The van der Waals surface area contributed by atoms with E-state index in [1.54, 1.807) is 13.8 Å². The maximum absolute atomic E-state index is 13.0. The van der Waals surface area contributed by atoms with Crippen LogP contribution >= 0.6 is 0 Å². The number of methoxy groups -OCH3 is 1. The molecule has 0 saturated carbocycles. The number of ether oxygens (including phenoxy) is 7. The maximum atomic E-state index is 13.0. The first-order valence-corrected chi connectivity index (χ1v) is 37.0. The summed E-state index contributed by atoms with van der Waals surface area (Å²) in [6.07, 6.45) is -18.8. The van der Waals surface area contributed by atoms with Gasteiger partial charge in [-0.05, 0) is 13.3 Å². The van der Waals surface area contributed by atoms with Crippen LogP contribution in [0, 0.1) is 70.0 Å². The first-order valence-electron chi connectivity index (χ1n) is 28.4. The van der Waals surface area contributed by atoms with Crippen molar-refractivity contribution in [1.29, 1.82) is 10.5 Å². The van der Waals surface area contributed by atoms with Crippen molar-refractivity contribution in [2.45, 2.75) is 226 Å². The lowest BCUT2D eigenvalue weighted by Gasteiger charge is -2.29. The minimum Gasteiger partial charge on any atom is -0.468 e. The molecule has 40 heteroatoms. The minimum absolute atomic E-state index is 0.0000520. The number of carbonyl (C=O) groups excluding carboxylic acids is 1. The molecule has 18 rings (SSSR count). The normalized spacial score (nSPS) is 55.6. The Morgan fingerprint density at radius 2 is 0.910 bits per heavy atom. The molecule has 18 heterocycles. The number of carbonyl (C=O) groups is 1. The van der Waals surface area contributed by atoms with Gasteiger partial charge in [0.25, 0.3) is 60.7 Å². The number of esters is 1. The Morgan fingerprint density at radius 3 is 1.42 bits per heavy atom. The number of nitriles is 2. The van der Waals surface area contributed by atoms with Crippen LogP contribution in [0.5, 0.6) is 0 Å². The van der Waals surface area contributed by atoms with Gasteiger partial charge >= 0.3 is 18.3 Å². The topological polar surface area (TPSA) is 389 Å². The molecule has 0 amide bonds. The van der Waals surface area contributed by atoms with E-state index in [1.165, 1.54) is 14.0 Å². The van der Waals surface area contributed by atoms with Crippen LogP contribution in [0.15, 0.2) is 0 Å². The Kier molecular flexibility index (Phi) is 14.4. The van der Waals surface area contributed by atoms with E-state index in [0.29, 0.717) is 6.42 Å². The Hall–Kier alpha value is -2.75. The molecule has 18 fully saturated rings. The fraction of sp³-hybridized carbons (Fsp3) is 0.939. The SMILES string of the molecule is CC1C2CC3(C#N)C(O2)C1OS3(=O)=O.CC1C2CC3(C(F)(F)F)C(O2)C1OS3(=O)=O.CC1C2CC3(C)C(O2)C1OS3(=O)=O.CC1C2OC3C1OS(=O)(=O)C3C2C#N.CC1C2OS(=O)(=O)C3C2OC1C3C(F)(F)F.COC(=O)C12CC3OC1C(OS2(=O)=O)C3C. The van der Waals surface area contributed by atoms with Gasteiger partial charge in [-0.1, -0.05) is 41.5 Å². The van der Waals surface area contributed by atoms with Crippen LogP contribution in [0.1, 0.15) is 74.1 Å². The van der Waals surface area contributed by atoms with Gasteiger partial charge < -0.3 is 33.2 Å². The summed E-state index contributed by atoms with van der Waals surface area (Å²) in [6, 6.07) is 3.90. The molecular formula is C49H60F6N2O26S6. The van der Waals surface area contributed by atoms with Gasteiger partial charge in [-0.25, -0.2) is 0 Å². The summed E-state index contributed by atoms with van der Waals surface area (Å²) in [5.74, 6) is -3.83. The molecule has 32 atom stereocenters. The molecule has 18 aliphatic heterocycles. The average molecular weight is 1400 g/mol. The van der Waals surface area contributed by atoms with Crippen molar-refractivity contribution in [3.05, 3.63) is 0 Å². The Morgan fingerprint density at radius 1 is 0.472 bits per heavy atom. The van der Waals surface area contributed by atoms with Crippen molar-refractivity contribution >= 4 is 66.7 Å². The van der Waals surface area contributed by atoms with Gasteiger partial charge in [0, 0.05) is 54.8 Å². The van der Waals surface area contributed by atoms with Gasteiger partial charge in [-0.3, -0.25) is 29.9 Å². The third kappa shape index (κ3) is 8.27. The standard InChI is InChI=1S/C9H12O6S.2C8H9F3O4S.2C8H9NO4S.C8H12O4S/c1-4-5-3-9(8(10)13-2)7(14-5)6(4)15-16(9,11)12;1-3-4-2-7(8(9,10)11)6(14-4)5(3)15-16(7,12)13;1-2-4-3(8(9,10)11)7-6(14-4)5(2)15-16(7,12)13;1-4-5-2-8(3-9)7(12-5)6(4)13-14(8,10)11;1-3-5-4(2-9)8-7(12-5)6(3)13-14(8,10)11;1-4-5-3-8(2)7(11-5)6(4)12-13(8,9)10/h4-7H,3H2,1-2H3;3-6H,2H2,1H3;2-7H,1H3;4-7H,2H2,1H3;3-8H,1H3;4-7H,3H2,1-2H3. The summed E-state index contributed by atoms with van der Waals surface area (Å²) >= 11 is 0. The number of nitrogens with zero attached hydrogens (tertiary/aromatic N) is 2. The number of fused-ring (bicyclic) bond motifs is 6. The zero-order valence-electron chi connectivity index (χ0n) is 47.7. The molecule has 18 aliphatic rings. The third-order valence-electron chi connectivity index (χ3n) is 22.2. The molecule has 18 saturated heterocycles. The second-order valence-corrected chi connectivity index (χ2v) is 37.3. The Balaban J connectivity index is 0.0000000984. The molecule has 500 valence electrons. The molecule has 0 radical (unpaired) electrons. The summed E-state index contributed by atoms with van der Waals surface area (Å²) in [6.45, 7) is 12.6. The van der Waals surface area contributed by atoms with E-state index in [1.807, 2.05) is 39.8 Å². The molecule has 0 aromatic rings. The summed E-state index contributed by atoms with van der Waals surface area (Å²) < 4.78 is 277. The predicted molar refractivity (Wildman–Crippen MR) is 275 cm³/mol. The maximum Gasteiger partial charge on any atom is 0.413 e. The second kappa shape index (κ2) is 19.7. The smallest absolute Gasteiger partial charge is 0.413 e.